The van der Waals surface area contributed by atoms with Gasteiger partial charge in [0.15, 0.2) is 0 Å². The number of carbonyl (C=O) groups excluding carboxylic acids is 4. The zero-order chi connectivity index (χ0) is 27.5. The fourth-order valence-electron chi connectivity index (χ4n) is 4.51. The van der Waals surface area contributed by atoms with E-state index in [-0.39, 0.29) is 28.4 Å². The minimum Gasteiger partial charge on any atom is -0.426 e. The number of rotatable bonds is 5. The van der Waals surface area contributed by atoms with Crippen LogP contribution in [-0.4, -0.2) is 23.7 Å². The molecular weight excluding hydrogens is 496 g/mol. The summed E-state index contributed by atoms with van der Waals surface area (Å²) < 4.78 is 16.9. The van der Waals surface area contributed by atoms with Gasteiger partial charge in [0.25, 0.3) is 0 Å². The quantitative estimate of drug-likeness (QED) is 0.163. The van der Waals surface area contributed by atoms with Crippen molar-refractivity contribution in [1.29, 1.82) is 0 Å². The van der Waals surface area contributed by atoms with Gasteiger partial charge in [-0.1, -0.05) is 72.8 Å². The van der Waals surface area contributed by atoms with Crippen LogP contribution in [-0.2, 0) is 14.3 Å². The molecule has 4 aromatic carbocycles. The maximum Gasteiger partial charge on any atom is 0.343 e. The summed E-state index contributed by atoms with van der Waals surface area (Å²) in [5.41, 5.74) is 2.26. The van der Waals surface area contributed by atoms with Gasteiger partial charge in [0.1, 0.15) is 17.3 Å². The first-order valence-electron chi connectivity index (χ1n) is 12.1. The molecule has 0 saturated heterocycles. The van der Waals surface area contributed by atoms with E-state index in [4.69, 9.17) is 14.2 Å². The minimum atomic E-state index is -0.611. The van der Waals surface area contributed by atoms with Crippen molar-refractivity contribution in [2.75, 3.05) is 0 Å². The SMILES string of the molecule is CC(=O)Oc1cccc2c1C(=O)c1c(OC(C)=O)cccc1C2=C(OC(=O)c1ccccc1)c1ccccc1. The molecular formula is C32H22O7. The number of ether oxygens (including phenoxy) is 3. The fourth-order valence-corrected chi connectivity index (χ4v) is 4.51. The molecule has 0 amide bonds. The van der Waals surface area contributed by atoms with Gasteiger partial charge in [0.2, 0.25) is 5.78 Å². The first kappa shape index (κ1) is 25.4. The Hall–Kier alpha value is -5.30. The Morgan fingerprint density at radius 1 is 0.564 bits per heavy atom. The Labute approximate surface area is 224 Å². The van der Waals surface area contributed by atoms with E-state index in [9.17, 15) is 19.2 Å². The number of esters is 3. The van der Waals surface area contributed by atoms with Gasteiger partial charge in [-0.25, -0.2) is 4.79 Å². The van der Waals surface area contributed by atoms with E-state index in [2.05, 4.69) is 0 Å². The molecule has 0 spiro atoms. The minimum absolute atomic E-state index is 0.0348. The van der Waals surface area contributed by atoms with Crippen LogP contribution >= 0.6 is 0 Å². The van der Waals surface area contributed by atoms with Crippen LogP contribution in [0.15, 0.2) is 97.1 Å². The molecule has 7 heteroatoms. The molecule has 1 aliphatic carbocycles. The van der Waals surface area contributed by atoms with E-state index in [0.29, 0.717) is 27.8 Å². The summed E-state index contributed by atoms with van der Waals surface area (Å²) in [5.74, 6) is -2.08. The highest BCUT2D eigenvalue weighted by Gasteiger charge is 2.36. The average Bonchev–Trinajstić information content (AvgIpc) is 2.92. The zero-order valence-electron chi connectivity index (χ0n) is 21.1. The molecule has 7 nitrogen and oxygen atoms in total. The molecule has 0 fully saturated rings. The Bertz CT molecular complexity index is 1580. The fraction of sp³-hybridized carbons (Fsp3) is 0.0625. The molecule has 0 heterocycles. The molecule has 0 aromatic heterocycles. The lowest BCUT2D eigenvalue weighted by molar-refractivity contribution is -0.132. The van der Waals surface area contributed by atoms with Gasteiger partial charge in [0.05, 0.1) is 16.7 Å². The number of hydrogen-bond donors (Lipinski definition) is 0. The highest BCUT2D eigenvalue weighted by Crippen LogP contribution is 2.46. The van der Waals surface area contributed by atoms with E-state index in [1.165, 1.54) is 26.0 Å². The lowest BCUT2D eigenvalue weighted by Gasteiger charge is -2.26. The Morgan fingerprint density at radius 2 is 1.03 bits per heavy atom. The molecule has 0 atom stereocenters. The molecule has 0 bridgehead atoms. The number of ketones is 1. The predicted octanol–water partition coefficient (Wildman–Crippen LogP) is 5.86. The zero-order valence-corrected chi connectivity index (χ0v) is 21.1. The van der Waals surface area contributed by atoms with Crippen LogP contribution in [0.5, 0.6) is 11.5 Å². The summed E-state index contributed by atoms with van der Waals surface area (Å²) in [6.07, 6.45) is 0. The number of benzene rings is 4. The van der Waals surface area contributed by atoms with Crippen LogP contribution in [0.4, 0.5) is 0 Å². The molecule has 0 saturated carbocycles. The summed E-state index contributed by atoms with van der Waals surface area (Å²) in [5, 5.41) is 0. The van der Waals surface area contributed by atoms with E-state index in [1.54, 1.807) is 78.9 Å². The summed E-state index contributed by atoms with van der Waals surface area (Å²) >= 11 is 0. The number of hydrogen-bond acceptors (Lipinski definition) is 7. The maximum absolute atomic E-state index is 13.9. The molecule has 0 unspecified atom stereocenters. The van der Waals surface area contributed by atoms with Crippen molar-refractivity contribution < 1.29 is 33.4 Å². The number of carbonyl (C=O) groups is 4. The van der Waals surface area contributed by atoms with Crippen molar-refractivity contribution >= 4 is 35.0 Å². The molecule has 39 heavy (non-hydrogen) atoms. The molecule has 0 aliphatic heterocycles. The first-order chi connectivity index (χ1) is 18.8. The summed E-state index contributed by atoms with van der Waals surface area (Å²) in [4.78, 5) is 51.1. The van der Waals surface area contributed by atoms with Gasteiger partial charge >= 0.3 is 17.9 Å². The average molecular weight is 519 g/mol. The normalized spacial score (nSPS) is 11.6. The van der Waals surface area contributed by atoms with E-state index in [0.717, 1.165) is 0 Å². The maximum atomic E-state index is 13.9. The molecule has 0 N–H and O–H groups in total. The third-order valence-corrected chi connectivity index (χ3v) is 6.02. The second-order valence-corrected chi connectivity index (χ2v) is 8.70. The largest absolute Gasteiger partial charge is 0.426 e. The van der Waals surface area contributed by atoms with Crippen LogP contribution in [0.25, 0.3) is 11.3 Å². The molecule has 1 aliphatic rings. The van der Waals surface area contributed by atoms with Gasteiger partial charge in [-0.15, -0.1) is 0 Å². The van der Waals surface area contributed by atoms with Crippen LogP contribution in [0.3, 0.4) is 0 Å². The van der Waals surface area contributed by atoms with Gasteiger partial charge in [0, 0.05) is 36.1 Å². The Morgan fingerprint density at radius 3 is 1.49 bits per heavy atom. The topological polar surface area (TPSA) is 96.0 Å². The van der Waals surface area contributed by atoms with Crippen LogP contribution in [0.1, 0.15) is 56.8 Å². The highest BCUT2D eigenvalue weighted by atomic mass is 16.5. The van der Waals surface area contributed by atoms with E-state index in [1.807, 2.05) is 6.07 Å². The third-order valence-electron chi connectivity index (χ3n) is 6.02. The summed E-state index contributed by atoms with van der Waals surface area (Å²) in [6.45, 7) is 2.47. The van der Waals surface area contributed by atoms with Crippen molar-refractivity contribution in [3.05, 3.63) is 130 Å². The summed E-state index contributed by atoms with van der Waals surface area (Å²) in [7, 11) is 0. The van der Waals surface area contributed by atoms with Gasteiger partial charge in [-0.05, 0) is 24.3 Å². The molecule has 0 radical (unpaired) electrons. The lowest BCUT2D eigenvalue weighted by atomic mass is 9.79. The lowest BCUT2D eigenvalue weighted by Crippen LogP contribution is -2.20. The second-order valence-electron chi connectivity index (χ2n) is 8.70. The highest BCUT2D eigenvalue weighted by molar-refractivity contribution is 6.24. The van der Waals surface area contributed by atoms with Gasteiger partial charge in [-0.2, -0.15) is 0 Å². The smallest absolute Gasteiger partial charge is 0.343 e. The van der Waals surface area contributed by atoms with E-state index < -0.39 is 23.7 Å². The molecule has 192 valence electrons. The first-order valence-corrected chi connectivity index (χ1v) is 12.1. The van der Waals surface area contributed by atoms with Crippen LogP contribution in [0, 0.1) is 0 Å². The van der Waals surface area contributed by atoms with Crippen molar-refractivity contribution in [2.45, 2.75) is 13.8 Å². The van der Waals surface area contributed by atoms with Gasteiger partial charge < -0.3 is 14.2 Å². The Balaban J connectivity index is 1.86. The van der Waals surface area contributed by atoms with E-state index >= 15 is 0 Å². The number of fused-ring (bicyclic) bond motifs is 2. The predicted molar refractivity (Wildman–Crippen MR) is 143 cm³/mol. The second kappa shape index (κ2) is 10.6. The van der Waals surface area contributed by atoms with Crippen molar-refractivity contribution in [1.82, 2.24) is 0 Å². The van der Waals surface area contributed by atoms with Crippen molar-refractivity contribution in [2.24, 2.45) is 0 Å². The monoisotopic (exact) mass is 518 g/mol. The van der Waals surface area contributed by atoms with Crippen LogP contribution in [0.2, 0.25) is 0 Å². The van der Waals surface area contributed by atoms with Crippen LogP contribution < -0.4 is 9.47 Å². The standard InChI is InChI=1S/C32H22O7/c1-19(33)37-25-17-9-15-23-27(24-16-10-18-26(38-20(2)34)29(24)30(35)28(23)25)31(21-11-5-3-6-12-21)39-32(36)22-13-7-4-8-14-22/h3-18H,1-2H3. The Kier molecular flexibility index (Phi) is 6.89. The molecule has 4 aromatic rings. The summed E-state index contributed by atoms with van der Waals surface area (Å²) in [6, 6.07) is 27.2. The molecule has 5 rings (SSSR count). The van der Waals surface area contributed by atoms with Crippen molar-refractivity contribution in [3.63, 3.8) is 0 Å². The van der Waals surface area contributed by atoms with Crippen molar-refractivity contribution in [3.8, 4) is 11.5 Å². The van der Waals surface area contributed by atoms with Gasteiger partial charge in [-0.3, -0.25) is 14.4 Å². The third kappa shape index (κ3) is 4.98.